The Bertz CT molecular complexity index is 572. The van der Waals surface area contributed by atoms with Crippen LogP contribution in [-0.2, 0) is 14.4 Å². The summed E-state index contributed by atoms with van der Waals surface area (Å²) in [6.45, 7) is 4.19. The van der Waals surface area contributed by atoms with E-state index in [1.54, 1.807) is 0 Å². The highest BCUT2D eigenvalue weighted by Gasteiger charge is 2.39. The Kier molecular flexibility index (Phi) is 9.47. The van der Waals surface area contributed by atoms with E-state index < -0.39 is 25.4 Å². The van der Waals surface area contributed by atoms with Crippen LogP contribution < -0.4 is 16.0 Å². The third-order valence-corrected chi connectivity index (χ3v) is 7.75. The zero-order chi connectivity index (χ0) is 21.4. The lowest BCUT2D eigenvalue weighted by molar-refractivity contribution is -0.131. The van der Waals surface area contributed by atoms with E-state index >= 15 is 0 Å². The van der Waals surface area contributed by atoms with Crippen LogP contribution >= 0.6 is 7.72 Å². The fourth-order valence-corrected chi connectivity index (χ4v) is 6.18. The van der Waals surface area contributed by atoms with Gasteiger partial charge in [0.05, 0.1) is 12.6 Å². The van der Waals surface area contributed by atoms with Crippen LogP contribution in [0.5, 0.6) is 0 Å². The van der Waals surface area contributed by atoms with Gasteiger partial charge in [-0.2, -0.15) is 0 Å². The van der Waals surface area contributed by atoms with Gasteiger partial charge < -0.3 is 16.0 Å². The van der Waals surface area contributed by atoms with Gasteiger partial charge in [0, 0.05) is 0 Å². The van der Waals surface area contributed by atoms with Crippen LogP contribution in [0.15, 0.2) is 0 Å². The minimum Gasteiger partial charge on any atom is -0.347 e. The topological polar surface area (TPSA) is 128 Å². The van der Waals surface area contributed by atoms with Crippen molar-refractivity contribution in [3.63, 3.8) is 0 Å². The number of Topliss-reactive ketones (excluding diaryl/α,β-unsaturated/α-hetero) is 1. The molecule has 5 N–H and O–H groups in total. The molecule has 2 amide bonds. The van der Waals surface area contributed by atoms with Crippen LogP contribution in [0, 0.1) is 11.8 Å². The van der Waals surface area contributed by atoms with E-state index in [-0.39, 0.29) is 36.5 Å². The molecule has 2 atom stereocenters. The summed E-state index contributed by atoms with van der Waals surface area (Å²) in [4.78, 5) is 57.6. The molecular weight excluding hydrogens is 393 g/mol. The van der Waals surface area contributed by atoms with Crippen LogP contribution in [0.2, 0.25) is 0 Å². The van der Waals surface area contributed by atoms with E-state index in [1.807, 2.05) is 13.8 Å². The van der Waals surface area contributed by atoms with Crippen molar-refractivity contribution >= 4 is 25.3 Å². The Morgan fingerprint density at radius 1 is 1.07 bits per heavy atom. The molecule has 0 aromatic heterocycles. The van der Waals surface area contributed by atoms with E-state index in [4.69, 9.17) is 0 Å². The highest BCUT2D eigenvalue weighted by molar-refractivity contribution is 7.65. The third kappa shape index (κ3) is 8.28. The molecule has 0 aromatic rings. The van der Waals surface area contributed by atoms with Crippen LogP contribution in [0.3, 0.4) is 0 Å². The molecule has 9 heteroatoms. The monoisotopic (exact) mass is 430 g/mol. The summed E-state index contributed by atoms with van der Waals surface area (Å²) in [5.74, 6) is -0.875. The van der Waals surface area contributed by atoms with Crippen LogP contribution in [-0.4, -0.2) is 64.9 Å². The average molecular weight is 431 g/mol. The summed E-state index contributed by atoms with van der Waals surface area (Å²) in [6, 6.07) is -1.01. The lowest BCUT2D eigenvalue weighted by Crippen LogP contribution is -2.54. The van der Waals surface area contributed by atoms with Crippen LogP contribution in [0.4, 0.5) is 0 Å². The maximum absolute atomic E-state index is 12.5. The summed E-state index contributed by atoms with van der Waals surface area (Å²) in [7, 11) is -3.29. The molecule has 1 saturated heterocycles. The van der Waals surface area contributed by atoms with Gasteiger partial charge >= 0.3 is 0 Å². The Balaban J connectivity index is 1.78. The van der Waals surface area contributed by atoms with E-state index in [1.165, 1.54) is 6.42 Å². The maximum atomic E-state index is 12.5. The molecule has 2 rings (SSSR count). The second kappa shape index (κ2) is 11.3. The number of hydrogen-bond acceptors (Lipinski definition) is 6. The fraction of sp³-hybridized carbons (Fsp3) is 0.850. The third-order valence-electron chi connectivity index (χ3n) is 5.79. The second-order valence-corrected chi connectivity index (χ2v) is 11.3. The van der Waals surface area contributed by atoms with Gasteiger partial charge in [0.25, 0.3) is 7.72 Å². The number of rotatable bonds is 10. The van der Waals surface area contributed by atoms with Crippen LogP contribution in [0.1, 0.15) is 58.8 Å². The van der Waals surface area contributed by atoms with Crippen molar-refractivity contribution in [3.05, 3.63) is 0 Å². The average Bonchev–Trinajstić information content (AvgIpc) is 3.18. The summed E-state index contributed by atoms with van der Waals surface area (Å²) < 4.78 is 0. The minimum absolute atomic E-state index is 0.135. The normalized spacial score (nSPS) is 21.8. The maximum Gasteiger partial charge on any atom is 0.275 e. The van der Waals surface area contributed by atoms with Gasteiger partial charge in [0.15, 0.2) is 11.9 Å². The largest absolute Gasteiger partial charge is 0.347 e. The van der Waals surface area contributed by atoms with Crippen molar-refractivity contribution in [1.82, 2.24) is 16.0 Å². The Morgan fingerprint density at radius 2 is 1.76 bits per heavy atom. The zero-order valence-electron chi connectivity index (χ0n) is 17.7. The van der Waals surface area contributed by atoms with Crippen LogP contribution in [0.25, 0.3) is 0 Å². The Labute approximate surface area is 174 Å². The zero-order valence-corrected chi connectivity index (χ0v) is 18.5. The molecule has 1 aliphatic carbocycles. The van der Waals surface area contributed by atoms with Gasteiger partial charge in [0.1, 0.15) is 12.2 Å². The molecule has 0 spiro atoms. The summed E-state index contributed by atoms with van der Waals surface area (Å²) in [5.41, 5.74) is 0. The number of hydrogen-bond donors (Lipinski definition) is 5. The first-order valence-corrected chi connectivity index (χ1v) is 12.9. The molecule has 2 fully saturated rings. The quantitative estimate of drug-likeness (QED) is 0.329. The van der Waals surface area contributed by atoms with Gasteiger partial charge in [-0.15, -0.1) is 0 Å². The molecule has 1 heterocycles. The predicted octanol–water partition coefficient (Wildman–Crippen LogP) is 0.977. The van der Waals surface area contributed by atoms with Gasteiger partial charge in [-0.3, -0.25) is 14.4 Å². The first kappa shape index (κ1) is 24.2. The molecule has 29 heavy (non-hydrogen) atoms. The first-order valence-electron chi connectivity index (χ1n) is 10.8. The summed E-state index contributed by atoms with van der Waals surface area (Å²) in [5, 5.41) is 8.42. The first-order chi connectivity index (χ1) is 13.7. The van der Waals surface area contributed by atoms with Gasteiger partial charge in [-0.1, -0.05) is 33.1 Å². The van der Waals surface area contributed by atoms with E-state index in [0.29, 0.717) is 6.16 Å². The molecular formula is C20H37N3O5P+. The highest BCUT2D eigenvalue weighted by atomic mass is 31.2. The Hall–Kier alpha value is -1.08. The smallest absolute Gasteiger partial charge is 0.275 e. The van der Waals surface area contributed by atoms with E-state index in [0.717, 1.165) is 45.1 Å². The highest BCUT2D eigenvalue weighted by Crippen LogP contribution is 2.52. The van der Waals surface area contributed by atoms with Crippen molar-refractivity contribution in [2.45, 2.75) is 70.9 Å². The molecule has 0 aromatic carbocycles. The standard InChI is InChI=1S/C20H36N3O5P/c1-14(2)18(23-19(25)17-9-6-10-21-17)20(26)22-11-16(24)13-29(27,28)12-15-7-4-3-5-8-15/h14-15,17-18,21,27-28H,3-13H2,1-2H3,(H-,22,23,25,26)/p+1/t17-,18-/m0/s1. The lowest BCUT2D eigenvalue weighted by atomic mass is 9.91. The summed E-state index contributed by atoms with van der Waals surface area (Å²) >= 11 is 0. The second-order valence-electron chi connectivity index (χ2n) is 8.86. The lowest BCUT2D eigenvalue weighted by Gasteiger charge is -2.24. The van der Waals surface area contributed by atoms with Gasteiger partial charge in [0.2, 0.25) is 11.8 Å². The number of amides is 2. The van der Waals surface area contributed by atoms with Gasteiger partial charge in [-0.05, 0) is 44.1 Å². The van der Waals surface area contributed by atoms with Crippen molar-refractivity contribution in [1.29, 1.82) is 0 Å². The van der Waals surface area contributed by atoms with Crippen molar-refractivity contribution in [3.8, 4) is 0 Å². The minimum atomic E-state index is -3.29. The fourth-order valence-electron chi connectivity index (χ4n) is 4.18. The predicted molar refractivity (Wildman–Crippen MR) is 113 cm³/mol. The number of carbonyl (C=O) groups excluding carboxylic acids is 3. The molecule has 0 bridgehead atoms. The summed E-state index contributed by atoms with van der Waals surface area (Å²) in [6.07, 6.45) is 7.05. The SMILES string of the molecule is CC(C)[C@H](NC(=O)[C@@H]1CCCN1)C(=O)NCC(=O)C[P+](O)(O)CC1CCCCC1. The number of carbonyl (C=O) groups is 3. The van der Waals surface area contributed by atoms with Gasteiger partial charge in [-0.25, -0.2) is 9.79 Å². The molecule has 1 saturated carbocycles. The number of ketones is 1. The van der Waals surface area contributed by atoms with Crippen molar-refractivity contribution < 1.29 is 24.2 Å². The molecule has 2 aliphatic rings. The van der Waals surface area contributed by atoms with Crippen molar-refractivity contribution in [2.24, 2.45) is 11.8 Å². The Morgan fingerprint density at radius 3 is 2.34 bits per heavy atom. The molecule has 8 nitrogen and oxygen atoms in total. The molecule has 166 valence electrons. The molecule has 0 radical (unpaired) electrons. The van der Waals surface area contributed by atoms with E-state index in [2.05, 4.69) is 16.0 Å². The van der Waals surface area contributed by atoms with E-state index in [9.17, 15) is 24.2 Å². The molecule has 0 unspecified atom stereocenters. The van der Waals surface area contributed by atoms with Crippen molar-refractivity contribution in [2.75, 3.05) is 25.4 Å². The molecule has 1 aliphatic heterocycles. The number of nitrogens with one attached hydrogen (secondary N) is 3.